The van der Waals surface area contributed by atoms with Crippen LogP contribution in [0.25, 0.3) is 11.3 Å². The number of methoxy groups -OCH3 is 1. The monoisotopic (exact) mass is 367 g/mol. The summed E-state index contributed by atoms with van der Waals surface area (Å²) in [6, 6.07) is 13.8. The van der Waals surface area contributed by atoms with Crippen LogP contribution < -0.4 is 10.1 Å². The lowest BCUT2D eigenvalue weighted by molar-refractivity contribution is -0.121. The lowest BCUT2D eigenvalue weighted by Gasteiger charge is -2.09. The van der Waals surface area contributed by atoms with Crippen LogP contribution >= 0.6 is 0 Å². The van der Waals surface area contributed by atoms with E-state index in [9.17, 15) is 9.18 Å². The number of ether oxygens (including phenoxy) is 1. The number of nitrogens with one attached hydrogen (secondary N) is 1. The summed E-state index contributed by atoms with van der Waals surface area (Å²) in [5, 5.41) is 7.37. The molecule has 0 fully saturated rings. The van der Waals surface area contributed by atoms with Crippen LogP contribution in [0, 0.1) is 5.82 Å². The quantitative estimate of drug-likeness (QED) is 0.696. The van der Waals surface area contributed by atoms with E-state index in [2.05, 4.69) is 10.4 Å². The van der Waals surface area contributed by atoms with Crippen LogP contribution in [-0.4, -0.2) is 22.8 Å². The van der Waals surface area contributed by atoms with Gasteiger partial charge in [-0.25, -0.2) is 4.39 Å². The van der Waals surface area contributed by atoms with Crippen LogP contribution in [0.4, 0.5) is 4.39 Å². The number of aromatic nitrogens is 2. The highest BCUT2D eigenvalue weighted by atomic mass is 19.1. The fourth-order valence-corrected chi connectivity index (χ4v) is 2.95. The number of carbonyl (C=O) groups is 1. The number of nitrogens with zero attached hydrogens (tertiary/aromatic N) is 2. The van der Waals surface area contributed by atoms with E-state index in [1.165, 1.54) is 12.1 Å². The average Bonchev–Trinajstić information content (AvgIpc) is 3.06. The van der Waals surface area contributed by atoms with Gasteiger partial charge in [-0.05, 0) is 42.3 Å². The molecule has 3 aromatic rings. The minimum atomic E-state index is -0.285. The number of hydrogen-bond donors (Lipinski definition) is 1. The Balaban J connectivity index is 1.61. The van der Waals surface area contributed by atoms with Gasteiger partial charge in [0.25, 0.3) is 0 Å². The smallest absolute Gasteiger partial charge is 0.220 e. The van der Waals surface area contributed by atoms with Crippen LogP contribution in [0.3, 0.4) is 0 Å². The summed E-state index contributed by atoms with van der Waals surface area (Å²) in [6.45, 7) is 0.417. The Morgan fingerprint density at radius 2 is 1.89 bits per heavy atom. The third-order valence-electron chi connectivity index (χ3n) is 4.31. The van der Waals surface area contributed by atoms with Crippen molar-refractivity contribution >= 4 is 5.91 Å². The Hall–Kier alpha value is -3.15. The summed E-state index contributed by atoms with van der Waals surface area (Å²) in [7, 11) is 3.44. The minimum absolute atomic E-state index is 0.0465. The molecular weight excluding hydrogens is 345 g/mol. The van der Waals surface area contributed by atoms with Crippen LogP contribution in [0.15, 0.2) is 54.7 Å². The Kier molecular flexibility index (Phi) is 5.86. The average molecular weight is 367 g/mol. The molecule has 140 valence electrons. The predicted octanol–water partition coefficient (Wildman–Crippen LogP) is 3.48. The molecule has 0 atom stereocenters. The van der Waals surface area contributed by atoms with Gasteiger partial charge in [0.15, 0.2) is 0 Å². The second-order valence-electron chi connectivity index (χ2n) is 6.27. The highest BCUT2D eigenvalue weighted by Gasteiger charge is 2.12. The topological polar surface area (TPSA) is 56.1 Å². The van der Waals surface area contributed by atoms with Crippen molar-refractivity contribution in [3.05, 3.63) is 71.7 Å². The van der Waals surface area contributed by atoms with E-state index in [1.807, 2.05) is 37.5 Å². The molecule has 27 heavy (non-hydrogen) atoms. The van der Waals surface area contributed by atoms with Gasteiger partial charge in [-0.3, -0.25) is 9.48 Å². The standard InChI is InChI=1S/C21H22FN3O2/c1-25-14-17(21(24-25)15-7-10-18(22)11-8-15)9-12-20(26)23-13-16-5-3-4-6-19(16)27-2/h3-8,10-11,14H,9,12-13H2,1-2H3,(H,23,26). The van der Waals surface area contributed by atoms with Crippen LogP contribution in [-0.2, 0) is 24.8 Å². The number of halogens is 1. The fraction of sp³-hybridized carbons (Fsp3) is 0.238. The van der Waals surface area contributed by atoms with Crippen molar-refractivity contribution in [2.75, 3.05) is 7.11 Å². The van der Waals surface area contributed by atoms with Crippen molar-refractivity contribution in [3.63, 3.8) is 0 Å². The first-order valence-corrected chi connectivity index (χ1v) is 8.74. The molecular formula is C21H22FN3O2. The van der Waals surface area contributed by atoms with Crippen molar-refractivity contribution in [2.45, 2.75) is 19.4 Å². The van der Waals surface area contributed by atoms with E-state index < -0.39 is 0 Å². The molecule has 6 heteroatoms. The van der Waals surface area contributed by atoms with Gasteiger partial charge in [-0.15, -0.1) is 0 Å². The molecule has 1 heterocycles. The lowest BCUT2D eigenvalue weighted by atomic mass is 10.0. The largest absolute Gasteiger partial charge is 0.496 e. The first kappa shape index (κ1) is 18.6. The third kappa shape index (κ3) is 4.73. The van der Waals surface area contributed by atoms with Gasteiger partial charge in [-0.1, -0.05) is 18.2 Å². The zero-order valence-corrected chi connectivity index (χ0v) is 15.4. The maximum absolute atomic E-state index is 13.2. The van der Waals surface area contributed by atoms with Gasteiger partial charge in [-0.2, -0.15) is 5.10 Å². The van der Waals surface area contributed by atoms with E-state index in [-0.39, 0.29) is 11.7 Å². The van der Waals surface area contributed by atoms with Gasteiger partial charge in [0.2, 0.25) is 5.91 Å². The zero-order valence-electron chi connectivity index (χ0n) is 15.4. The van der Waals surface area contributed by atoms with Gasteiger partial charge in [0.05, 0.1) is 12.8 Å². The summed E-state index contributed by atoms with van der Waals surface area (Å²) >= 11 is 0. The van der Waals surface area contributed by atoms with E-state index in [0.29, 0.717) is 19.4 Å². The molecule has 1 aromatic heterocycles. The second-order valence-corrected chi connectivity index (χ2v) is 6.27. The normalized spacial score (nSPS) is 10.6. The number of amides is 1. The Labute approximate surface area is 157 Å². The van der Waals surface area contributed by atoms with E-state index in [0.717, 1.165) is 28.1 Å². The Morgan fingerprint density at radius 1 is 1.15 bits per heavy atom. The third-order valence-corrected chi connectivity index (χ3v) is 4.31. The first-order chi connectivity index (χ1) is 13.1. The molecule has 0 aliphatic rings. The number of hydrogen-bond acceptors (Lipinski definition) is 3. The zero-order chi connectivity index (χ0) is 19.2. The molecule has 3 rings (SSSR count). The number of para-hydroxylation sites is 1. The molecule has 0 aliphatic carbocycles. The molecule has 0 bridgehead atoms. The van der Waals surface area contributed by atoms with Crippen LogP contribution in [0.5, 0.6) is 5.75 Å². The molecule has 0 saturated heterocycles. The summed E-state index contributed by atoms with van der Waals surface area (Å²) in [5.74, 6) is 0.422. The minimum Gasteiger partial charge on any atom is -0.496 e. The van der Waals surface area contributed by atoms with Gasteiger partial charge in [0, 0.05) is 37.3 Å². The molecule has 0 spiro atoms. The molecule has 0 unspecified atom stereocenters. The molecule has 0 aliphatic heterocycles. The summed E-state index contributed by atoms with van der Waals surface area (Å²) in [5.41, 5.74) is 3.50. The molecule has 0 radical (unpaired) electrons. The van der Waals surface area contributed by atoms with Crippen LogP contribution in [0.2, 0.25) is 0 Å². The molecule has 1 N–H and O–H groups in total. The number of benzene rings is 2. The Bertz CT molecular complexity index is 919. The van der Waals surface area contributed by atoms with Crippen LogP contribution in [0.1, 0.15) is 17.5 Å². The maximum Gasteiger partial charge on any atom is 0.220 e. The molecule has 0 saturated carbocycles. The number of rotatable bonds is 7. The van der Waals surface area contributed by atoms with Crippen molar-refractivity contribution in [3.8, 4) is 17.0 Å². The van der Waals surface area contributed by atoms with E-state index >= 15 is 0 Å². The summed E-state index contributed by atoms with van der Waals surface area (Å²) in [4.78, 5) is 12.3. The van der Waals surface area contributed by atoms with Gasteiger partial charge < -0.3 is 10.1 Å². The highest BCUT2D eigenvalue weighted by molar-refractivity contribution is 5.76. The highest BCUT2D eigenvalue weighted by Crippen LogP contribution is 2.23. The van der Waals surface area contributed by atoms with E-state index in [4.69, 9.17) is 4.74 Å². The summed E-state index contributed by atoms with van der Waals surface area (Å²) in [6.07, 6.45) is 2.79. The molecule has 2 aromatic carbocycles. The maximum atomic E-state index is 13.2. The van der Waals surface area contributed by atoms with Crippen molar-refractivity contribution in [2.24, 2.45) is 7.05 Å². The predicted molar refractivity (Wildman–Crippen MR) is 102 cm³/mol. The van der Waals surface area contributed by atoms with Gasteiger partial charge >= 0.3 is 0 Å². The van der Waals surface area contributed by atoms with Crippen molar-refractivity contribution in [1.82, 2.24) is 15.1 Å². The summed E-state index contributed by atoms with van der Waals surface area (Å²) < 4.78 is 20.2. The number of aryl methyl sites for hydroxylation is 2. The van der Waals surface area contributed by atoms with Crippen molar-refractivity contribution < 1.29 is 13.9 Å². The van der Waals surface area contributed by atoms with E-state index in [1.54, 1.807) is 23.9 Å². The first-order valence-electron chi connectivity index (χ1n) is 8.74. The lowest BCUT2D eigenvalue weighted by Crippen LogP contribution is -2.23. The SMILES string of the molecule is COc1ccccc1CNC(=O)CCc1cn(C)nc1-c1ccc(F)cc1. The molecule has 1 amide bonds. The number of carbonyl (C=O) groups excluding carboxylic acids is 1. The second kappa shape index (κ2) is 8.49. The fourth-order valence-electron chi connectivity index (χ4n) is 2.95. The van der Waals surface area contributed by atoms with Crippen molar-refractivity contribution in [1.29, 1.82) is 0 Å². The van der Waals surface area contributed by atoms with Gasteiger partial charge in [0.1, 0.15) is 11.6 Å². The molecule has 5 nitrogen and oxygen atoms in total. The Morgan fingerprint density at radius 3 is 2.63 bits per heavy atom.